The molecule has 0 aliphatic carbocycles. The van der Waals surface area contributed by atoms with E-state index in [-0.39, 0.29) is 11.5 Å². The van der Waals surface area contributed by atoms with E-state index in [1.165, 1.54) is 0 Å². The molecule has 88 valence electrons. The number of nitriles is 1. The molecule has 0 saturated carbocycles. The number of nitrogens with one attached hydrogen (secondary N) is 1. The second-order valence-corrected chi connectivity index (χ2v) is 5.10. The minimum atomic E-state index is 0.125. The van der Waals surface area contributed by atoms with E-state index < -0.39 is 0 Å². The largest absolute Gasteiger partial charge is 0.311 e. The summed E-state index contributed by atoms with van der Waals surface area (Å²) in [5.74, 6) is 0.125. The van der Waals surface area contributed by atoms with Gasteiger partial charge in [-0.05, 0) is 34.2 Å². The molecular weight excluding hydrogens is 186 g/mol. The maximum Gasteiger partial charge on any atom is 0.0666 e. The van der Waals surface area contributed by atoms with E-state index in [2.05, 4.69) is 44.0 Å². The van der Waals surface area contributed by atoms with Crippen molar-refractivity contribution in [3.63, 3.8) is 0 Å². The first-order valence-corrected chi connectivity index (χ1v) is 5.76. The number of likely N-dealkylation sites (N-methyl/N-ethyl adjacent to an activating group) is 1. The van der Waals surface area contributed by atoms with Gasteiger partial charge in [-0.2, -0.15) is 5.26 Å². The number of nitrogens with zero attached hydrogens (tertiary/aromatic N) is 2. The highest BCUT2D eigenvalue weighted by molar-refractivity contribution is 4.81. The Kier molecular flexibility index (Phi) is 6.55. The zero-order valence-electron chi connectivity index (χ0n) is 10.8. The molecule has 0 rings (SSSR count). The molecule has 3 heteroatoms. The predicted molar refractivity (Wildman–Crippen MR) is 64.6 cm³/mol. The number of hydrogen-bond donors (Lipinski definition) is 1. The molecule has 0 spiro atoms. The summed E-state index contributed by atoms with van der Waals surface area (Å²) >= 11 is 0. The second kappa shape index (κ2) is 6.81. The molecule has 0 aliphatic heterocycles. The molecule has 0 aromatic heterocycles. The van der Waals surface area contributed by atoms with Crippen LogP contribution < -0.4 is 5.32 Å². The van der Waals surface area contributed by atoms with E-state index in [9.17, 15) is 0 Å². The van der Waals surface area contributed by atoms with Gasteiger partial charge in [0, 0.05) is 25.2 Å². The van der Waals surface area contributed by atoms with Crippen LogP contribution in [0.25, 0.3) is 0 Å². The Morgan fingerprint density at radius 3 is 2.40 bits per heavy atom. The smallest absolute Gasteiger partial charge is 0.0666 e. The fraction of sp³-hybridized carbons (Fsp3) is 0.917. The van der Waals surface area contributed by atoms with E-state index >= 15 is 0 Å². The maximum absolute atomic E-state index is 8.74. The molecular formula is C12H25N3. The summed E-state index contributed by atoms with van der Waals surface area (Å²) in [4.78, 5) is 2.31. The molecule has 0 aromatic rings. The lowest BCUT2D eigenvalue weighted by Gasteiger charge is -2.25. The SMILES string of the molecule is CCN(CCNC(C)(C)C)CC(C)C#N. The van der Waals surface area contributed by atoms with Crippen LogP contribution in [0.5, 0.6) is 0 Å². The summed E-state index contributed by atoms with van der Waals surface area (Å²) in [6.45, 7) is 14.5. The third-order valence-electron chi connectivity index (χ3n) is 2.28. The monoisotopic (exact) mass is 211 g/mol. The summed E-state index contributed by atoms with van der Waals surface area (Å²) in [6.07, 6.45) is 0. The van der Waals surface area contributed by atoms with Crippen molar-refractivity contribution in [2.75, 3.05) is 26.2 Å². The molecule has 3 nitrogen and oxygen atoms in total. The Labute approximate surface area is 94.5 Å². The van der Waals surface area contributed by atoms with Gasteiger partial charge < -0.3 is 10.2 Å². The molecule has 0 aliphatic rings. The number of hydrogen-bond acceptors (Lipinski definition) is 3. The molecule has 1 atom stereocenters. The summed E-state index contributed by atoms with van der Waals surface area (Å²) in [6, 6.07) is 2.27. The third kappa shape index (κ3) is 8.41. The fourth-order valence-electron chi connectivity index (χ4n) is 1.40. The zero-order chi connectivity index (χ0) is 11.9. The molecule has 0 aromatic carbocycles. The van der Waals surface area contributed by atoms with Gasteiger partial charge in [0.05, 0.1) is 12.0 Å². The molecule has 0 saturated heterocycles. The maximum atomic E-state index is 8.74. The molecule has 15 heavy (non-hydrogen) atoms. The van der Waals surface area contributed by atoms with Crippen LogP contribution in [0.1, 0.15) is 34.6 Å². The topological polar surface area (TPSA) is 39.1 Å². The lowest BCUT2D eigenvalue weighted by Crippen LogP contribution is -2.42. The Morgan fingerprint density at radius 1 is 1.40 bits per heavy atom. The van der Waals surface area contributed by atoms with Crippen molar-refractivity contribution in [1.82, 2.24) is 10.2 Å². The van der Waals surface area contributed by atoms with Gasteiger partial charge in [-0.25, -0.2) is 0 Å². The highest BCUT2D eigenvalue weighted by Gasteiger charge is 2.11. The van der Waals surface area contributed by atoms with Gasteiger partial charge in [-0.3, -0.25) is 0 Å². The summed E-state index contributed by atoms with van der Waals surface area (Å²) in [7, 11) is 0. The average molecular weight is 211 g/mol. The molecule has 0 bridgehead atoms. The van der Waals surface area contributed by atoms with Crippen molar-refractivity contribution in [3.05, 3.63) is 0 Å². The van der Waals surface area contributed by atoms with Gasteiger partial charge in [-0.1, -0.05) is 6.92 Å². The Hall–Kier alpha value is -0.590. The minimum absolute atomic E-state index is 0.125. The van der Waals surface area contributed by atoms with E-state index in [1.54, 1.807) is 0 Å². The van der Waals surface area contributed by atoms with Crippen molar-refractivity contribution in [2.45, 2.75) is 40.2 Å². The first-order chi connectivity index (χ1) is 6.89. The van der Waals surface area contributed by atoms with Gasteiger partial charge in [0.2, 0.25) is 0 Å². The first-order valence-electron chi connectivity index (χ1n) is 5.76. The average Bonchev–Trinajstić information content (AvgIpc) is 2.14. The van der Waals surface area contributed by atoms with Crippen LogP contribution in [-0.2, 0) is 0 Å². The van der Waals surface area contributed by atoms with E-state index in [1.807, 2.05) is 6.92 Å². The molecule has 0 heterocycles. The molecule has 0 amide bonds. The fourth-order valence-corrected chi connectivity index (χ4v) is 1.40. The summed E-state index contributed by atoms with van der Waals surface area (Å²) in [5.41, 5.74) is 0.181. The second-order valence-electron chi connectivity index (χ2n) is 5.10. The van der Waals surface area contributed by atoms with Crippen molar-refractivity contribution >= 4 is 0 Å². The summed E-state index contributed by atoms with van der Waals surface area (Å²) < 4.78 is 0. The van der Waals surface area contributed by atoms with Crippen LogP contribution in [0, 0.1) is 17.2 Å². The minimum Gasteiger partial charge on any atom is -0.311 e. The van der Waals surface area contributed by atoms with E-state index in [0.717, 1.165) is 26.2 Å². The first kappa shape index (κ1) is 14.4. The Bertz CT molecular complexity index is 200. The van der Waals surface area contributed by atoms with Crippen LogP contribution in [0.3, 0.4) is 0 Å². The lowest BCUT2D eigenvalue weighted by atomic mass is 10.1. The molecule has 0 fully saturated rings. The van der Waals surface area contributed by atoms with Gasteiger partial charge in [0.25, 0.3) is 0 Å². The molecule has 0 radical (unpaired) electrons. The van der Waals surface area contributed by atoms with Crippen molar-refractivity contribution in [2.24, 2.45) is 5.92 Å². The molecule has 1 N–H and O–H groups in total. The predicted octanol–water partition coefficient (Wildman–Crippen LogP) is 1.86. The Morgan fingerprint density at radius 2 is 2.00 bits per heavy atom. The van der Waals surface area contributed by atoms with Crippen LogP contribution in [-0.4, -0.2) is 36.6 Å². The van der Waals surface area contributed by atoms with Crippen molar-refractivity contribution < 1.29 is 0 Å². The van der Waals surface area contributed by atoms with Crippen molar-refractivity contribution in [3.8, 4) is 6.07 Å². The van der Waals surface area contributed by atoms with Gasteiger partial charge in [0.15, 0.2) is 0 Å². The standard InChI is InChI=1S/C12H25N3/c1-6-15(10-11(2)9-13)8-7-14-12(3,4)5/h11,14H,6-8,10H2,1-5H3. The van der Waals surface area contributed by atoms with Crippen molar-refractivity contribution in [1.29, 1.82) is 5.26 Å². The molecule has 1 unspecified atom stereocenters. The van der Waals surface area contributed by atoms with Gasteiger partial charge in [-0.15, -0.1) is 0 Å². The normalized spacial score (nSPS) is 13.9. The van der Waals surface area contributed by atoms with Crippen LogP contribution in [0.4, 0.5) is 0 Å². The van der Waals surface area contributed by atoms with Crippen LogP contribution >= 0.6 is 0 Å². The van der Waals surface area contributed by atoms with E-state index in [4.69, 9.17) is 5.26 Å². The summed E-state index contributed by atoms with van der Waals surface area (Å²) in [5, 5.41) is 12.2. The Balaban J connectivity index is 3.77. The van der Waals surface area contributed by atoms with Gasteiger partial charge >= 0.3 is 0 Å². The van der Waals surface area contributed by atoms with Gasteiger partial charge in [0.1, 0.15) is 0 Å². The zero-order valence-corrected chi connectivity index (χ0v) is 10.8. The highest BCUT2D eigenvalue weighted by atomic mass is 15.1. The number of rotatable bonds is 6. The van der Waals surface area contributed by atoms with Crippen LogP contribution in [0.2, 0.25) is 0 Å². The van der Waals surface area contributed by atoms with E-state index in [0.29, 0.717) is 0 Å². The lowest BCUT2D eigenvalue weighted by molar-refractivity contribution is 0.257. The van der Waals surface area contributed by atoms with Crippen LogP contribution in [0.15, 0.2) is 0 Å². The third-order valence-corrected chi connectivity index (χ3v) is 2.28. The quantitative estimate of drug-likeness (QED) is 0.729. The highest BCUT2D eigenvalue weighted by Crippen LogP contribution is 2.00.